The van der Waals surface area contributed by atoms with E-state index in [1.807, 2.05) is 25.1 Å². The number of rotatable bonds is 2. The number of aryl methyl sites for hydroxylation is 2. The third-order valence-corrected chi connectivity index (χ3v) is 4.86. The van der Waals surface area contributed by atoms with Gasteiger partial charge in [0.25, 0.3) is 5.91 Å². The molecule has 0 radical (unpaired) electrons. The molecule has 2 aromatic rings. The molecule has 98 valence electrons. The average molecular weight is 432 g/mol. The lowest BCUT2D eigenvalue weighted by atomic mass is 10.2. The fraction of sp³-hybridized carbons (Fsp3) is 0.154. The van der Waals surface area contributed by atoms with Crippen molar-refractivity contribution in [2.24, 2.45) is 0 Å². The first-order chi connectivity index (χ1) is 8.97. The molecule has 0 saturated heterocycles. The second-order valence-electron chi connectivity index (χ2n) is 4.07. The predicted octanol–water partition coefficient (Wildman–Crippen LogP) is 3.71. The Labute approximate surface area is 133 Å². The lowest BCUT2D eigenvalue weighted by Gasteiger charge is -2.08. The Kier molecular flexibility index (Phi) is 4.51. The van der Waals surface area contributed by atoms with Crippen LogP contribution in [-0.4, -0.2) is 16.1 Å². The zero-order valence-electron chi connectivity index (χ0n) is 10.4. The molecule has 19 heavy (non-hydrogen) atoms. The van der Waals surface area contributed by atoms with E-state index in [2.05, 4.69) is 54.0 Å². The number of nitrogens with one attached hydrogen (secondary N) is 1. The van der Waals surface area contributed by atoms with E-state index >= 15 is 0 Å². The van der Waals surface area contributed by atoms with Crippen LogP contribution in [-0.2, 0) is 0 Å². The number of anilines is 1. The van der Waals surface area contributed by atoms with Crippen LogP contribution in [0.15, 0.2) is 28.7 Å². The van der Waals surface area contributed by atoms with Gasteiger partial charge < -0.3 is 5.32 Å². The zero-order valence-corrected chi connectivity index (χ0v) is 14.1. The molecule has 1 amide bonds. The summed E-state index contributed by atoms with van der Waals surface area (Å²) in [4.78, 5) is 12.2. The highest BCUT2D eigenvalue weighted by Gasteiger charge is 2.11. The van der Waals surface area contributed by atoms with Crippen LogP contribution < -0.4 is 5.32 Å². The minimum Gasteiger partial charge on any atom is -0.322 e. The molecule has 0 aliphatic carbocycles. The minimum atomic E-state index is -0.177. The molecule has 4 nitrogen and oxygen atoms in total. The number of carbonyl (C=O) groups is 1. The summed E-state index contributed by atoms with van der Waals surface area (Å²) in [5, 5.41) is 10.7. The number of carbonyl (C=O) groups excluding carboxylic acids is 1. The largest absolute Gasteiger partial charge is 0.322 e. The normalized spacial score (nSPS) is 10.3. The summed E-state index contributed by atoms with van der Waals surface area (Å²) in [6.45, 7) is 3.58. The van der Waals surface area contributed by atoms with Crippen LogP contribution in [0.3, 0.4) is 0 Å². The molecule has 0 fully saturated rings. The molecule has 0 unspecified atom stereocenters. The molecule has 6 heteroatoms. The number of hydrogen-bond acceptors (Lipinski definition) is 3. The van der Waals surface area contributed by atoms with Crippen molar-refractivity contribution >= 4 is 50.1 Å². The maximum absolute atomic E-state index is 12.2. The second-order valence-corrected chi connectivity index (χ2v) is 6.08. The molecule has 0 atom stereocenters. The number of amides is 1. The molecule has 1 aromatic carbocycles. The molecule has 0 spiro atoms. The van der Waals surface area contributed by atoms with Crippen LogP contribution in [0.4, 0.5) is 5.69 Å². The summed E-state index contributed by atoms with van der Waals surface area (Å²) >= 11 is 5.66. The topological polar surface area (TPSA) is 54.9 Å². The van der Waals surface area contributed by atoms with E-state index < -0.39 is 0 Å². The van der Waals surface area contributed by atoms with Crippen LogP contribution in [0.2, 0.25) is 0 Å². The minimum absolute atomic E-state index is 0.177. The number of halogens is 2. The third-order valence-electron chi connectivity index (χ3n) is 2.52. The fourth-order valence-electron chi connectivity index (χ4n) is 1.55. The monoisotopic (exact) mass is 431 g/mol. The van der Waals surface area contributed by atoms with Gasteiger partial charge in [-0.05, 0) is 76.6 Å². The van der Waals surface area contributed by atoms with Gasteiger partial charge in [-0.15, -0.1) is 0 Å². The lowest BCUT2D eigenvalue weighted by molar-refractivity contribution is 0.102. The van der Waals surface area contributed by atoms with Gasteiger partial charge in [-0.2, -0.15) is 10.2 Å². The zero-order chi connectivity index (χ0) is 14.0. The highest BCUT2D eigenvalue weighted by Crippen LogP contribution is 2.23. The van der Waals surface area contributed by atoms with Gasteiger partial charge in [0.15, 0.2) is 0 Å². The van der Waals surface area contributed by atoms with Crippen molar-refractivity contribution in [2.75, 3.05) is 5.32 Å². The van der Waals surface area contributed by atoms with Crippen LogP contribution in [0.5, 0.6) is 0 Å². The highest BCUT2D eigenvalue weighted by atomic mass is 127. The van der Waals surface area contributed by atoms with E-state index in [0.717, 1.165) is 19.4 Å². The predicted molar refractivity (Wildman–Crippen MR) is 86.3 cm³/mol. The quantitative estimate of drug-likeness (QED) is 0.737. The Hall–Kier alpha value is -1.02. The number of nitrogens with zero attached hydrogens (tertiary/aromatic N) is 2. The van der Waals surface area contributed by atoms with Gasteiger partial charge in [0.1, 0.15) is 0 Å². The highest BCUT2D eigenvalue weighted by molar-refractivity contribution is 14.1. The molecule has 1 aromatic heterocycles. The van der Waals surface area contributed by atoms with Crippen molar-refractivity contribution in [1.29, 1.82) is 0 Å². The molecule has 0 aliphatic heterocycles. The molecule has 1 heterocycles. The molecular weight excluding hydrogens is 421 g/mol. The molecule has 0 saturated carbocycles. The number of aromatic nitrogens is 2. The van der Waals surface area contributed by atoms with Gasteiger partial charge in [0.05, 0.1) is 17.0 Å². The maximum atomic E-state index is 12.2. The van der Waals surface area contributed by atoms with Crippen LogP contribution in [0.1, 0.15) is 21.7 Å². The van der Waals surface area contributed by atoms with Crippen molar-refractivity contribution in [3.63, 3.8) is 0 Å². The van der Waals surface area contributed by atoms with Crippen LogP contribution in [0, 0.1) is 17.4 Å². The smallest absolute Gasteiger partial charge is 0.257 e. The van der Waals surface area contributed by atoms with Crippen LogP contribution >= 0.6 is 38.5 Å². The van der Waals surface area contributed by atoms with Gasteiger partial charge in [0.2, 0.25) is 0 Å². The molecule has 0 aliphatic rings. The fourth-order valence-corrected chi connectivity index (χ4v) is 2.27. The summed E-state index contributed by atoms with van der Waals surface area (Å²) in [7, 11) is 0. The van der Waals surface area contributed by atoms with E-state index in [1.54, 1.807) is 13.0 Å². The summed E-state index contributed by atoms with van der Waals surface area (Å²) < 4.78 is 2.04. The standard InChI is InChI=1S/C13H11BrIN3O/c1-7-5-10(8(2)18-17-7)13(19)16-9-3-4-12(15)11(14)6-9/h3-6H,1-2H3,(H,16,19). The first kappa shape index (κ1) is 14.4. The van der Waals surface area contributed by atoms with E-state index in [1.165, 1.54) is 0 Å². The first-order valence-electron chi connectivity index (χ1n) is 5.54. The molecule has 2 rings (SSSR count). The maximum Gasteiger partial charge on any atom is 0.257 e. The summed E-state index contributed by atoms with van der Waals surface area (Å²) in [6.07, 6.45) is 0. The number of benzene rings is 1. The number of hydrogen-bond donors (Lipinski definition) is 1. The van der Waals surface area contributed by atoms with E-state index in [4.69, 9.17) is 0 Å². The molecule has 0 bridgehead atoms. The van der Waals surface area contributed by atoms with Gasteiger partial charge in [-0.3, -0.25) is 4.79 Å². The van der Waals surface area contributed by atoms with Gasteiger partial charge in [0, 0.05) is 13.7 Å². The third kappa shape index (κ3) is 3.50. The van der Waals surface area contributed by atoms with E-state index in [-0.39, 0.29) is 5.91 Å². The van der Waals surface area contributed by atoms with Crippen molar-refractivity contribution in [2.45, 2.75) is 13.8 Å². The van der Waals surface area contributed by atoms with Crippen molar-refractivity contribution in [3.05, 3.63) is 49.3 Å². The molecular formula is C13H11BrIN3O. The van der Waals surface area contributed by atoms with Crippen LogP contribution in [0.25, 0.3) is 0 Å². The van der Waals surface area contributed by atoms with Crippen molar-refractivity contribution in [1.82, 2.24) is 10.2 Å². The van der Waals surface area contributed by atoms with Gasteiger partial charge >= 0.3 is 0 Å². The van der Waals surface area contributed by atoms with Crippen molar-refractivity contribution < 1.29 is 4.79 Å². The average Bonchev–Trinajstić information content (AvgIpc) is 2.36. The summed E-state index contributed by atoms with van der Waals surface area (Å²) in [6, 6.07) is 7.40. The Balaban J connectivity index is 2.25. The lowest BCUT2D eigenvalue weighted by Crippen LogP contribution is -2.15. The van der Waals surface area contributed by atoms with Crippen molar-refractivity contribution in [3.8, 4) is 0 Å². The first-order valence-corrected chi connectivity index (χ1v) is 7.42. The Morgan fingerprint density at radius 3 is 2.68 bits per heavy atom. The van der Waals surface area contributed by atoms with Gasteiger partial charge in [-0.25, -0.2) is 0 Å². The summed E-state index contributed by atoms with van der Waals surface area (Å²) in [5.41, 5.74) is 2.63. The Bertz CT molecular complexity index is 646. The Morgan fingerprint density at radius 1 is 1.26 bits per heavy atom. The van der Waals surface area contributed by atoms with E-state index in [9.17, 15) is 4.79 Å². The molecule has 1 N–H and O–H groups in total. The van der Waals surface area contributed by atoms with E-state index in [0.29, 0.717) is 11.3 Å². The Morgan fingerprint density at radius 2 is 2.00 bits per heavy atom. The van der Waals surface area contributed by atoms with Gasteiger partial charge in [-0.1, -0.05) is 0 Å². The second kappa shape index (κ2) is 5.96. The SMILES string of the molecule is Cc1cc(C(=O)Nc2ccc(I)c(Br)c2)c(C)nn1. The summed E-state index contributed by atoms with van der Waals surface area (Å²) in [5.74, 6) is -0.177.